The smallest absolute Gasteiger partial charge is 0.459 e. The third-order valence-corrected chi connectivity index (χ3v) is 8.75. The molecule has 0 aliphatic carbocycles. The van der Waals surface area contributed by atoms with Gasteiger partial charge >= 0.3 is 25.6 Å². The zero-order valence-electron chi connectivity index (χ0n) is 24.4. The van der Waals surface area contributed by atoms with Crippen LogP contribution in [0.5, 0.6) is 5.75 Å². The minimum atomic E-state index is -4.63. The average molecular weight is 732 g/mol. The van der Waals surface area contributed by atoms with Gasteiger partial charge in [-0.3, -0.25) is 23.7 Å². The summed E-state index contributed by atoms with van der Waals surface area (Å²) in [7, 11) is -4.63. The summed E-state index contributed by atoms with van der Waals surface area (Å²) < 4.78 is 76.6. The van der Waals surface area contributed by atoms with Gasteiger partial charge in [-0.2, -0.15) is 18.3 Å². The maximum atomic E-state index is 14.1. The third kappa shape index (κ3) is 9.05. The first-order valence-electron chi connectivity index (χ1n) is 13.7. The highest BCUT2D eigenvalue weighted by atomic mass is 79.9. The zero-order chi connectivity index (χ0) is 33.7. The number of ether oxygens (including phenoxy) is 2. The van der Waals surface area contributed by atoms with Gasteiger partial charge in [-0.25, -0.2) is 9.36 Å². The normalized spacial score (nSPS) is 20.0. The lowest BCUT2D eigenvalue weighted by atomic mass is 10.1. The van der Waals surface area contributed by atoms with Crippen molar-refractivity contribution >= 4 is 35.7 Å². The van der Waals surface area contributed by atoms with Gasteiger partial charge in [-0.05, 0) is 54.7 Å². The number of halogens is 4. The van der Waals surface area contributed by atoms with Gasteiger partial charge in [0, 0.05) is 12.6 Å². The number of rotatable bonds is 12. The number of nitrogens with one attached hydrogen (secondary N) is 2. The summed E-state index contributed by atoms with van der Waals surface area (Å²) >= 11 is 3.06. The molecular weight excluding hydrogens is 702 g/mol. The summed E-state index contributed by atoms with van der Waals surface area (Å²) in [6.07, 6.45) is -5.60. The average Bonchev–Trinajstić information content (AvgIpc) is 3.36. The zero-order valence-corrected chi connectivity index (χ0v) is 26.9. The van der Waals surface area contributed by atoms with Crippen molar-refractivity contribution < 1.29 is 46.2 Å². The number of aromatic nitrogens is 2. The van der Waals surface area contributed by atoms with E-state index in [4.69, 9.17) is 18.5 Å². The molecule has 4 rings (SSSR count). The topological polar surface area (TPSA) is 158 Å². The van der Waals surface area contributed by atoms with Gasteiger partial charge in [0.05, 0.1) is 23.8 Å². The molecule has 2 aromatic carbocycles. The fraction of sp³-hybridized carbons (Fsp3) is 0.345. The van der Waals surface area contributed by atoms with Gasteiger partial charge < -0.3 is 19.1 Å². The van der Waals surface area contributed by atoms with Crippen LogP contribution in [0.4, 0.5) is 13.2 Å². The number of nitrogens with zero attached hydrogens (tertiary/aromatic N) is 1. The molecule has 0 amide bonds. The summed E-state index contributed by atoms with van der Waals surface area (Å²) in [5.74, 6) is -1.13. The number of aliphatic hydroxyl groups is 1. The molecule has 3 N–H and O–H groups in total. The number of esters is 1. The Morgan fingerprint density at radius 2 is 1.85 bits per heavy atom. The molecule has 0 spiro atoms. The minimum Gasteiger partial charge on any atom is -0.459 e. The van der Waals surface area contributed by atoms with Crippen LogP contribution in [0.2, 0.25) is 0 Å². The fourth-order valence-electron chi connectivity index (χ4n) is 4.33. The van der Waals surface area contributed by atoms with E-state index in [0.717, 1.165) is 16.7 Å². The number of benzene rings is 2. The lowest BCUT2D eigenvalue weighted by Crippen LogP contribution is -2.47. The van der Waals surface area contributed by atoms with Crippen LogP contribution in [-0.2, 0) is 36.1 Å². The monoisotopic (exact) mass is 731 g/mol. The Bertz CT molecular complexity index is 1710. The Balaban J connectivity index is 1.53. The molecule has 12 nitrogen and oxygen atoms in total. The van der Waals surface area contributed by atoms with Crippen molar-refractivity contribution in [3.05, 3.63) is 103 Å². The molecule has 1 aliphatic rings. The number of hydrogen-bond donors (Lipinski definition) is 3. The fourth-order valence-corrected chi connectivity index (χ4v) is 6.29. The predicted octanol–water partition coefficient (Wildman–Crippen LogP) is 4.88. The van der Waals surface area contributed by atoms with E-state index < -0.39 is 67.3 Å². The van der Waals surface area contributed by atoms with E-state index in [1.165, 1.54) is 31.1 Å². The molecule has 248 valence electrons. The van der Waals surface area contributed by atoms with Crippen LogP contribution in [0.15, 0.2) is 75.4 Å². The summed E-state index contributed by atoms with van der Waals surface area (Å²) in [4.78, 5) is 41.1. The highest BCUT2D eigenvalue weighted by Gasteiger charge is 2.43. The lowest BCUT2D eigenvalue weighted by Gasteiger charge is -2.30. The van der Waals surface area contributed by atoms with Gasteiger partial charge in [0.25, 0.3) is 5.56 Å². The molecule has 0 radical (unpaired) electrons. The van der Waals surface area contributed by atoms with Crippen molar-refractivity contribution in [3.63, 3.8) is 0 Å². The molecule has 2 heterocycles. The Morgan fingerprint density at radius 3 is 2.48 bits per heavy atom. The standard InChI is InChI=1S/C29H30BrF3N3O9P/c1-28(2,26(39)42-16-18-6-4-3-5-7-18)35-46(41,45-21-10-8-20(9-11-21)29(31,32)33)43-17-23-22(37)14-24(44-23)36-15-19(12-13-30)25(38)34-27(36)40/h3-13,15,22-24,37H,14,16-17H2,1-2H3,(H,35,41)(H,34,38,40). The van der Waals surface area contributed by atoms with Gasteiger partial charge in [0.2, 0.25) is 0 Å². The number of aromatic amines is 1. The Hall–Kier alpha value is -3.53. The summed E-state index contributed by atoms with van der Waals surface area (Å²) in [5, 5.41) is 13.2. The van der Waals surface area contributed by atoms with Gasteiger partial charge in [-0.1, -0.05) is 46.3 Å². The number of carbonyl (C=O) groups excluding carboxylic acids is 1. The van der Waals surface area contributed by atoms with Crippen molar-refractivity contribution in [2.45, 2.75) is 57.0 Å². The predicted molar refractivity (Wildman–Crippen MR) is 163 cm³/mol. The molecule has 46 heavy (non-hydrogen) atoms. The van der Waals surface area contributed by atoms with Gasteiger partial charge in [0.1, 0.15) is 30.2 Å². The summed E-state index contributed by atoms with van der Waals surface area (Å²) in [5.41, 5.74) is -3.33. The number of carbonyl (C=O) groups is 1. The Morgan fingerprint density at radius 1 is 1.17 bits per heavy atom. The van der Waals surface area contributed by atoms with Crippen molar-refractivity contribution in [2.75, 3.05) is 6.61 Å². The van der Waals surface area contributed by atoms with E-state index >= 15 is 0 Å². The SMILES string of the molecule is CC(C)(NP(=O)(OCC1OC(n2cc(C=CBr)c(=O)[nH]c2=O)CC1O)Oc1ccc(C(F)(F)F)cc1)C(=O)OCc1ccccc1. The van der Waals surface area contributed by atoms with E-state index in [0.29, 0.717) is 17.7 Å². The molecule has 0 saturated carbocycles. The van der Waals surface area contributed by atoms with Crippen LogP contribution >= 0.6 is 23.7 Å². The quantitative estimate of drug-likeness (QED) is 0.173. The largest absolute Gasteiger partial charge is 0.459 e. The minimum absolute atomic E-state index is 0.101. The number of aliphatic hydroxyl groups excluding tert-OH is 1. The first kappa shape index (κ1) is 35.3. The van der Waals surface area contributed by atoms with Crippen molar-refractivity contribution in [1.82, 2.24) is 14.6 Å². The molecule has 1 fully saturated rings. The van der Waals surface area contributed by atoms with Gasteiger partial charge in [-0.15, -0.1) is 0 Å². The van der Waals surface area contributed by atoms with Crippen molar-refractivity contribution in [3.8, 4) is 5.75 Å². The van der Waals surface area contributed by atoms with Crippen LogP contribution in [0.25, 0.3) is 6.08 Å². The van der Waals surface area contributed by atoms with Crippen LogP contribution in [0, 0.1) is 0 Å². The molecule has 3 aromatic rings. The first-order valence-corrected chi connectivity index (χ1v) is 16.1. The van der Waals surface area contributed by atoms with E-state index in [9.17, 15) is 37.2 Å². The van der Waals surface area contributed by atoms with Crippen LogP contribution in [0.1, 0.15) is 43.2 Å². The first-order chi connectivity index (χ1) is 21.6. The highest BCUT2D eigenvalue weighted by molar-refractivity contribution is 9.11. The molecule has 1 saturated heterocycles. The van der Waals surface area contributed by atoms with E-state index in [2.05, 4.69) is 26.0 Å². The maximum Gasteiger partial charge on any atom is 0.459 e. The molecule has 1 aliphatic heterocycles. The second-order valence-electron chi connectivity index (χ2n) is 10.7. The number of H-pyrrole nitrogens is 1. The third-order valence-electron chi connectivity index (χ3n) is 6.71. The van der Waals surface area contributed by atoms with Gasteiger partial charge in [0.15, 0.2) is 0 Å². The van der Waals surface area contributed by atoms with E-state index in [1.807, 2.05) is 0 Å². The highest BCUT2D eigenvalue weighted by Crippen LogP contribution is 2.47. The van der Waals surface area contributed by atoms with Crippen LogP contribution < -0.4 is 20.9 Å². The maximum absolute atomic E-state index is 14.1. The number of hydrogen-bond acceptors (Lipinski definition) is 9. The van der Waals surface area contributed by atoms with E-state index in [1.54, 1.807) is 30.3 Å². The van der Waals surface area contributed by atoms with Crippen molar-refractivity contribution in [1.29, 1.82) is 0 Å². The molecular formula is C29H30BrF3N3O9P. The number of alkyl halides is 3. The molecule has 4 unspecified atom stereocenters. The van der Waals surface area contributed by atoms with Crippen molar-refractivity contribution in [2.24, 2.45) is 0 Å². The molecule has 4 atom stereocenters. The van der Waals surface area contributed by atoms with E-state index in [-0.39, 0.29) is 24.3 Å². The Kier molecular flexibility index (Phi) is 11.1. The lowest BCUT2D eigenvalue weighted by molar-refractivity contribution is -0.151. The Labute approximate surface area is 268 Å². The summed E-state index contributed by atoms with van der Waals surface area (Å²) in [6, 6.07) is 12.1. The second-order valence-corrected chi connectivity index (χ2v) is 12.9. The van der Waals surface area contributed by atoms with Crippen LogP contribution in [-0.4, -0.2) is 45.0 Å². The molecule has 17 heteroatoms. The second kappa shape index (κ2) is 14.5. The molecule has 1 aromatic heterocycles. The molecule has 0 bridgehead atoms. The van der Waals surface area contributed by atoms with Crippen LogP contribution in [0.3, 0.4) is 0 Å². The summed E-state index contributed by atoms with van der Waals surface area (Å²) in [6.45, 7) is 1.97.